The molecule has 1 aliphatic heterocycles. The number of rotatable bonds is 1. The zero-order valence-electron chi connectivity index (χ0n) is 9.19. The van der Waals surface area contributed by atoms with Crippen LogP contribution < -0.4 is 5.32 Å². The Labute approximate surface area is 77.9 Å². The highest BCUT2D eigenvalue weighted by Gasteiger charge is 2.16. The van der Waals surface area contributed by atoms with Crippen LogP contribution in [0.4, 0.5) is 0 Å². The molecule has 2 atom stereocenters. The number of nitrogens with one attached hydrogen (secondary N) is 1. The van der Waals surface area contributed by atoms with Gasteiger partial charge >= 0.3 is 0 Å². The van der Waals surface area contributed by atoms with E-state index in [0.717, 1.165) is 11.8 Å². The summed E-state index contributed by atoms with van der Waals surface area (Å²) in [4.78, 5) is 0. The fraction of sp³-hybridized carbons (Fsp3) is 1.00. The number of hydrogen-bond acceptors (Lipinski definition) is 1. The molecule has 0 radical (unpaired) electrons. The molecule has 12 heavy (non-hydrogen) atoms. The predicted molar refractivity (Wildman–Crippen MR) is 56.4 cm³/mol. The Morgan fingerprint density at radius 1 is 1.33 bits per heavy atom. The van der Waals surface area contributed by atoms with Crippen molar-refractivity contribution in [2.45, 2.75) is 47.0 Å². The van der Waals surface area contributed by atoms with E-state index in [1.165, 1.54) is 32.4 Å². The molecule has 1 N–H and O–H groups in total. The smallest absolute Gasteiger partial charge is 0.00205 e. The van der Waals surface area contributed by atoms with Gasteiger partial charge in [-0.15, -0.1) is 0 Å². The molecular weight excluding hydrogens is 146 g/mol. The molecule has 0 saturated carbocycles. The van der Waals surface area contributed by atoms with Crippen LogP contribution in [0.2, 0.25) is 0 Å². The molecule has 1 aliphatic rings. The lowest BCUT2D eigenvalue weighted by Crippen LogP contribution is -2.21. The van der Waals surface area contributed by atoms with Gasteiger partial charge in [-0.3, -0.25) is 0 Å². The SMILES string of the molecule is CC.CCC1CCCNCC1C. The molecule has 74 valence electrons. The Balaban J connectivity index is 0.000000561. The lowest BCUT2D eigenvalue weighted by molar-refractivity contribution is 0.342. The molecule has 1 heteroatoms. The zero-order valence-corrected chi connectivity index (χ0v) is 9.19. The standard InChI is InChI=1S/C9H19N.C2H6/c1-3-9-5-4-6-10-7-8(9)2;1-2/h8-10H,3-7H2,1-2H3;1-2H3. The zero-order chi connectivity index (χ0) is 9.40. The fourth-order valence-electron chi connectivity index (χ4n) is 1.88. The third kappa shape index (κ3) is 4.10. The summed E-state index contributed by atoms with van der Waals surface area (Å²) in [5.41, 5.74) is 0. The predicted octanol–water partition coefficient (Wildman–Crippen LogP) is 3.06. The van der Waals surface area contributed by atoms with Crippen LogP contribution in [0.25, 0.3) is 0 Å². The molecule has 2 unspecified atom stereocenters. The summed E-state index contributed by atoms with van der Waals surface area (Å²) in [6.07, 6.45) is 4.18. The van der Waals surface area contributed by atoms with Crippen LogP contribution in [0.15, 0.2) is 0 Å². The first-order valence-corrected chi connectivity index (χ1v) is 5.55. The molecular formula is C11H25N. The molecule has 0 spiro atoms. The van der Waals surface area contributed by atoms with Crippen LogP contribution in [0.5, 0.6) is 0 Å². The second kappa shape index (κ2) is 7.60. The molecule has 1 fully saturated rings. The van der Waals surface area contributed by atoms with E-state index in [-0.39, 0.29) is 0 Å². The van der Waals surface area contributed by atoms with E-state index in [1.807, 2.05) is 13.8 Å². The van der Waals surface area contributed by atoms with Gasteiger partial charge in [-0.1, -0.05) is 34.1 Å². The Morgan fingerprint density at radius 2 is 2.00 bits per heavy atom. The van der Waals surface area contributed by atoms with E-state index in [9.17, 15) is 0 Å². The van der Waals surface area contributed by atoms with E-state index in [4.69, 9.17) is 0 Å². The van der Waals surface area contributed by atoms with Crippen molar-refractivity contribution >= 4 is 0 Å². The van der Waals surface area contributed by atoms with E-state index < -0.39 is 0 Å². The Morgan fingerprint density at radius 3 is 2.58 bits per heavy atom. The van der Waals surface area contributed by atoms with Gasteiger partial charge in [-0.05, 0) is 37.8 Å². The molecule has 0 aliphatic carbocycles. The summed E-state index contributed by atoms with van der Waals surface area (Å²) in [6.45, 7) is 11.2. The average molecular weight is 171 g/mol. The van der Waals surface area contributed by atoms with Crippen LogP contribution >= 0.6 is 0 Å². The third-order valence-electron chi connectivity index (χ3n) is 2.72. The fourth-order valence-corrected chi connectivity index (χ4v) is 1.88. The van der Waals surface area contributed by atoms with Crippen molar-refractivity contribution in [1.29, 1.82) is 0 Å². The van der Waals surface area contributed by atoms with E-state index in [1.54, 1.807) is 0 Å². The lowest BCUT2D eigenvalue weighted by atomic mass is 9.89. The lowest BCUT2D eigenvalue weighted by Gasteiger charge is -2.18. The van der Waals surface area contributed by atoms with Gasteiger partial charge < -0.3 is 5.32 Å². The minimum atomic E-state index is 0.896. The van der Waals surface area contributed by atoms with Gasteiger partial charge in [0.15, 0.2) is 0 Å². The van der Waals surface area contributed by atoms with E-state index >= 15 is 0 Å². The maximum Gasteiger partial charge on any atom is -0.00205 e. The highest BCUT2D eigenvalue weighted by molar-refractivity contribution is 4.71. The monoisotopic (exact) mass is 171 g/mol. The molecule has 0 amide bonds. The second-order valence-electron chi connectivity index (χ2n) is 3.49. The summed E-state index contributed by atoms with van der Waals surface area (Å²) in [6, 6.07) is 0. The first kappa shape index (κ1) is 12.0. The van der Waals surface area contributed by atoms with Crippen LogP contribution in [-0.2, 0) is 0 Å². The first-order valence-electron chi connectivity index (χ1n) is 5.55. The normalized spacial score (nSPS) is 30.0. The topological polar surface area (TPSA) is 12.0 Å². The van der Waals surface area contributed by atoms with Crippen LogP contribution in [-0.4, -0.2) is 13.1 Å². The van der Waals surface area contributed by atoms with Crippen molar-refractivity contribution in [3.63, 3.8) is 0 Å². The van der Waals surface area contributed by atoms with Crippen molar-refractivity contribution in [1.82, 2.24) is 5.32 Å². The molecule has 1 heterocycles. The molecule has 1 nitrogen and oxygen atoms in total. The first-order chi connectivity index (χ1) is 5.84. The highest BCUT2D eigenvalue weighted by atomic mass is 14.9. The van der Waals surface area contributed by atoms with Crippen LogP contribution in [0.1, 0.15) is 47.0 Å². The van der Waals surface area contributed by atoms with Gasteiger partial charge in [-0.25, -0.2) is 0 Å². The molecule has 0 aromatic rings. The van der Waals surface area contributed by atoms with Gasteiger partial charge in [0.2, 0.25) is 0 Å². The average Bonchev–Trinajstić information content (AvgIpc) is 2.33. The van der Waals surface area contributed by atoms with Crippen molar-refractivity contribution in [2.24, 2.45) is 11.8 Å². The third-order valence-corrected chi connectivity index (χ3v) is 2.72. The number of hydrogen-bond donors (Lipinski definition) is 1. The van der Waals surface area contributed by atoms with Crippen molar-refractivity contribution in [3.8, 4) is 0 Å². The summed E-state index contributed by atoms with van der Waals surface area (Å²) in [5, 5.41) is 3.46. The van der Waals surface area contributed by atoms with Crippen LogP contribution in [0, 0.1) is 11.8 Å². The Bertz CT molecular complexity index is 91.0. The molecule has 1 saturated heterocycles. The van der Waals surface area contributed by atoms with Crippen molar-refractivity contribution < 1.29 is 0 Å². The molecule has 0 aromatic heterocycles. The largest absolute Gasteiger partial charge is 0.316 e. The minimum absolute atomic E-state index is 0.896. The molecule has 0 aromatic carbocycles. The summed E-state index contributed by atoms with van der Waals surface area (Å²) < 4.78 is 0. The van der Waals surface area contributed by atoms with Gasteiger partial charge in [-0.2, -0.15) is 0 Å². The van der Waals surface area contributed by atoms with Crippen molar-refractivity contribution in [3.05, 3.63) is 0 Å². The van der Waals surface area contributed by atoms with Crippen molar-refractivity contribution in [2.75, 3.05) is 13.1 Å². The molecule has 1 rings (SSSR count). The van der Waals surface area contributed by atoms with Gasteiger partial charge in [0.05, 0.1) is 0 Å². The second-order valence-corrected chi connectivity index (χ2v) is 3.49. The van der Waals surface area contributed by atoms with Gasteiger partial charge in [0.25, 0.3) is 0 Å². The summed E-state index contributed by atoms with van der Waals surface area (Å²) in [5.74, 6) is 1.88. The Kier molecular flexibility index (Phi) is 7.58. The van der Waals surface area contributed by atoms with Gasteiger partial charge in [0.1, 0.15) is 0 Å². The summed E-state index contributed by atoms with van der Waals surface area (Å²) >= 11 is 0. The highest BCUT2D eigenvalue weighted by Crippen LogP contribution is 2.22. The Hall–Kier alpha value is -0.0400. The maximum absolute atomic E-state index is 3.46. The maximum atomic E-state index is 3.46. The molecule has 0 bridgehead atoms. The van der Waals surface area contributed by atoms with E-state index in [2.05, 4.69) is 19.2 Å². The van der Waals surface area contributed by atoms with Crippen LogP contribution in [0.3, 0.4) is 0 Å². The van der Waals surface area contributed by atoms with E-state index in [0.29, 0.717) is 0 Å². The summed E-state index contributed by atoms with van der Waals surface area (Å²) in [7, 11) is 0. The quantitative estimate of drug-likeness (QED) is 0.639. The van der Waals surface area contributed by atoms with Gasteiger partial charge in [0, 0.05) is 0 Å². The minimum Gasteiger partial charge on any atom is -0.316 e.